The summed E-state index contributed by atoms with van der Waals surface area (Å²) in [5, 5.41) is 9.65. The number of carbonyl (C=O) groups is 1. The van der Waals surface area contributed by atoms with Crippen molar-refractivity contribution in [1.29, 1.82) is 0 Å². The van der Waals surface area contributed by atoms with Gasteiger partial charge in [0.2, 0.25) is 0 Å². The van der Waals surface area contributed by atoms with Crippen molar-refractivity contribution < 1.29 is 4.79 Å². The van der Waals surface area contributed by atoms with E-state index < -0.39 is 0 Å². The van der Waals surface area contributed by atoms with E-state index in [1.807, 2.05) is 19.2 Å². The third kappa shape index (κ3) is 3.38. The van der Waals surface area contributed by atoms with E-state index in [1.54, 1.807) is 10.7 Å². The molecule has 0 spiro atoms. The zero-order valence-electron chi connectivity index (χ0n) is 14.0. The molecule has 24 heavy (non-hydrogen) atoms. The van der Waals surface area contributed by atoms with E-state index in [0.717, 1.165) is 29.9 Å². The summed E-state index contributed by atoms with van der Waals surface area (Å²) in [5.74, 6) is -0.229. The van der Waals surface area contributed by atoms with Gasteiger partial charge in [-0.1, -0.05) is 31.2 Å². The van der Waals surface area contributed by atoms with Gasteiger partial charge in [0.15, 0.2) is 10.8 Å². The Labute approximate surface area is 145 Å². The average Bonchev–Trinajstić information content (AvgIpc) is 3.21. The molecule has 6 heteroatoms. The van der Waals surface area contributed by atoms with Crippen molar-refractivity contribution in [2.45, 2.75) is 33.7 Å². The largest absolute Gasteiger partial charge is 0.296 e. The molecule has 2 aromatic heterocycles. The number of rotatable bonds is 5. The summed E-state index contributed by atoms with van der Waals surface area (Å²) >= 11 is 1.42. The molecule has 3 rings (SSSR count). The van der Waals surface area contributed by atoms with Crippen molar-refractivity contribution >= 4 is 22.4 Å². The van der Waals surface area contributed by atoms with E-state index in [-0.39, 0.29) is 5.91 Å². The Balaban J connectivity index is 1.74. The molecule has 0 atom stereocenters. The molecule has 3 aromatic rings. The van der Waals surface area contributed by atoms with Gasteiger partial charge in [-0.15, -0.1) is 11.3 Å². The number of aryl methyl sites for hydroxylation is 3. The first-order valence-electron chi connectivity index (χ1n) is 8.01. The number of carbonyl (C=O) groups excluding carboxylic acids is 1. The van der Waals surface area contributed by atoms with Gasteiger partial charge in [-0.05, 0) is 31.9 Å². The number of aromatic nitrogens is 3. The lowest BCUT2D eigenvalue weighted by atomic mass is 10.1. The molecule has 1 aromatic carbocycles. The normalized spacial score (nSPS) is 10.8. The van der Waals surface area contributed by atoms with Gasteiger partial charge in [0.25, 0.3) is 5.91 Å². The molecule has 1 amide bonds. The number of benzene rings is 1. The first-order chi connectivity index (χ1) is 11.6. The highest BCUT2D eigenvalue weighted by atomic mass is 32.1. The monoisotopic (exact) mass is 340 g/mol. The van der Waals surface area contributed by atoms with Gasteiger partial charge in [-0.25, -0.2) is 4.98 Å². The summed E-state index contributed by atoms with van der Waals surface area (Å²) in [6.45, 7) is 6.81. The van der Waals surface area contributed by atoms with Gasteiger partial charge in [0, 0.05) is 23.2 Å². The van der Waals surface area contributed by atoms with Crippen LogP contribution in [0.5, 0.6) is 0 Å². The molecule has 0 unspecified atom stereocenters. The summed E-state index contributed by atoms with van der Waals surface area (Å²) in [6.07, 6.45) is 1.02. The van der Waals surface area contributed by atoms with Crippen molar-refractivity contribution in [3.8, 4) is 11.3 Å². The Hall–Kier alpha value is -2.47. The molecule has 0 aliphatic rings. The van der Waals surface area contributed by atoms with Crippen LogP contribution in [0, 0.1) is 6.92 Å². The molecular weight excluding hydrogens is 320 g/mol. The summed E-state index contributed by atoms with van der Waals surface area (Å²) in [6, 6.07) is 10.1. The van der Waals surface area contributed by atoms with Crippen LogP contribution in [0.4, 0.5) is 5.13 Å². The number of anilines is 1. The van der Waals surface area contributed by atoms with Crippen molar-refractivity contribution in [3.05, 3.63) is 52.7 Å². The minimum Gasteiger partial charge on any atom is -0.296 e. The maximum atomic E-state index is 12.3. The van der Waals surface area contributed by atoms with Crippen LogP contribution in [-0.4, -0.2) is 20.7 Å². The fraction of sp³-hybridized carbons (Fsp3) is 0.278. The smallest absolute Gasteiger partial charge is 0.277 e. The highest BCUT2D eigenvalue weighted by Crippen LogP contribution is 2.25. The number of hydrogen-bond donors (Lipinski definition) is 1. The predicted octanol–water partition coefficient (Wildman–Crippen LogP) is 4.15. The van der Waals surface area contributed by atoms with E-state index in [4.69, 9.17) is 0 Å². The van der Waals surface area contributed by atoms with E-state index >= 15 is 0 Å². The lowest BCUT2D eigenvalue weighted by molar-refractivity contribution is 0.102. The standard InChI is InChI=1S/C18H20N4OS/c1-4-13-6-8-14(9-7-13)16-11-24-18(19-16)20-17(23)15-10-12(3)22(5-2)21-15/h6-11H,4-5H2,1-3H3,(H,19,20,23). The van der Waals surface area contributed by atoms with Crippen molar-refractivity contribution in [2.24, 2.45) is 0 Å². The van der Waals surface area contributed by atoms with Gasteiger partial charge in [-0.3, -0.25) is 14.8 Å². The predicted molar refractivity (Wildman–Crippen MR) is 97.5 cm³/mol. The minimum atomic E-state index is -0.229. The second kappa shape index (κ2) is 6.97. The third-order valence-corrected chi connectivity index (χ3v) is 4.65. The van der Waals surface area contributed by atoms with Crippen LogP contribution in [0.15, 0.2) is 35.7 Å². The summed E-state index contributed by atoms with van der Waals surface area (Å²) in [4.78, 5) is 16.8. The molecule has 0 aliphatic carbocycles. The molecule has 124 valence electrons. The molecule has 0 bridgehead atoms. The Morgan fingerprint density at radius 3 is 2.62 bits per heavy atom. The highest BCUT2D eigenvalue weighted by molar-refractivity contribution is 7.14. The number of nitrogens with zero attached hydrogens (tertiary/aromatic N) is 3. The number of nitrogens with one attached hydrogen (secondary N) is 1. The molecule has 0 radical (unpaired) electrons. The minimum absolute atomic E-state index is 0.229. The van der Waals surface area contributed by atoms with Gasteiger partial charge in [0.05, 0.1) is 5.69 Å². The molecule has 1 N–H and O–H groups in total. The van der Waals surface area contributed by atoms with Crippen LogP contribution < -0.4 is 5.32 Å². The first kappa shape index (κ1) is 16.4. The maximum Gasteiger partial charge on any atom is 0.277 e. The Kier molecular flexibility index (Phi) is 4.76. The van der Waals surface area contributed by atoms with Crippen LogP contribution in [0.1, 0.15) is 35.6 Å². The Morgan fingerprint density at radius 1 is 1.25 bits per heavy atom. The van der Waals surface area contributed by atoms with E-state index in [2.05, 4.69) is 46.6 Å². The molecule has 0 aliphatic heterocycles. The molecule has 5 nitrogen and oxygen atoms in total. The molecule has 0 saturated heterocycles. The fourth-order valence-corrected chi connectivity index (χ4v) is 3.19. The highest BCUT2D eigenvalue weighted by Gasteiger charge is 2.14. The lowest BCUT2D eigenvalue weighted by Crippen LogP contribution is -2.13. The van der Waals surface area contributed by atoms with Gasteiger partial charge in [-0.2, -0.15) is 5.10 Å². The van der Waals surface area contributed by atoms with Crippen LogP contribution >= 0.6 is 11.3 Å². The first-order valence-corrected chi connectivity index (χ1v) is 8.89. The topological polar surface area (TPSA) is 59.8 Å². The van der Waals surface area contributed by atoms with Crippen LogP contribution in [0.25, 0.3) is 11.3 Å². The molecule has 0 saturated carbocycles. The third-order valence-electron chi connectivity index (χ3n) is 3.90. The quantitative estimate of drug-likeness (QED) is 0.759. The van der Waals surface area contributed by atoms with E-state index in [9.17, 15) is 4.79 Å². The Bertz CT molecular complexity index is 848. The lowest BCUT2D eigenvalue weighted by Gasteiger charge is -2.00. The van der Waals surface area contributed by atoms with Crippen LogP contribution in [0.2, 0.25) is 0 Å². The second-order valence-electron chi connectivity index (χ2n) is 5.53. The van der Waals surface area contributed by atoms with E-state index in [1.165, 1.54) is 16.9 Å². The van der Waals surface area contributed by atoms with Crippen molar-refractivity contribution in [3.63, 3.8) is 0 Å². The van der Waals surface area contributed by atoms with Crippen LogP contribution in [-0.2, 0) is 13.0 Å². The summed E-state index contributed by atoms with van der Waals surface area (Å²) < 4.78 is 1.80. The average molecular weight is 340 g/mol. The van der Waals surface area contributed by atoms with Gasteiger partial charge in [0.1, 0.15) is 0 Å². The number of hydrogen-bond acceptors (Lipinski definition) is 4. The van der Waals surface area contributed by atoms with Crippen LogP contribution in [0.3, 0.4) is 0 Å². The fourth-order valence-electron chi connectivity index (χ4n) is 2.48. The zero-order valence-corrected chi connectivity index (χ0v) is 14.9. The SMILES string of the molecule is CCc1ccc(-c2csc(NC(=O)c3cc(C)n(CC)n3)n2)cc1. The summed E-state index contributed by atoms with van der Waals surface area (Å²) in [7, 11) is 0. The number of thiazole rings is 1. The molecular formula is C18H20N4OS. The summed E-state index contributed by atoms with van der Waals surface area (Å²) in [5.41, 5.74) is 4.60. The van der Waals surface area contributed by atoms with Gasteiger partial charge >= 0.3 is 0 Å². The second-order valence-corrected chi connectivity index (χ2v) is 6.39. The molecule has 2 heterocycles. The van der Waals surface area contributed by atoms with Crippen molar-refractivity contribution in [2.75, 3.05) is 5.32 Å². The van der Waals surface area contributed by atoms with E-state index in [0.29, 0.717) is 10.8 Å². The Morgan fingerprint density at radius 2 is 2.00 bits per heavy atom. The van der Waals surface area contributed by atoms with Gasteiger partial charge < -0.3 is 0 Å². The zero-order chi connectivity index (χ0) is 17.1. The van der Waals surface area contributed by atoms with Crippen molar-refractivity contribution in [1.82, 2.24) is 14.8 Å². The number of amides is 1. The molecule has 0 fully saturated rings. The maximum absolute atomic E-state index is 12.3.